The van der Waals surface area contributed by atoms with E-state index in [0.717, 1.165) is 12.1 Å². The van der Waals surface area contributed by atoms with E-state index in [2.05, 4.69) is 25.4 Å². The number of hydrogen-bond acceptors (Lipinski definition) is 6. The van der Waals surface area contributed by atoms with Gasteiger partial charge in [-0.2, -0.15) is 16.5 Å². The third-order valence-electron chi connectivity index (χ3n) is 2.97. The van der Waals surface area contributed by atoms with Gasteiger partial charge in [0.15, 0.2) is 5.75 Å². The fourth-order valence-electron chi connectivity index (χ4n) is 1.93. The molecule has 1 rings (SSSR count). The minimum absolute atomic E-state index is 0.109. The van der Waals surface area contributed by atoms with Crippen LogP contribution in [0, 0.1) is 0 Å². The van der Waals surface area contributed by atoms with Gasteiger partial charge in [0.05, 0.1) is 6.10 Å². The van der Waals surface area contributed by atoms with Crippen molar-refractivity contribution in [3.8, 4) is 5.75 Å². The Kier molecular flexibility index (Phi) is 8.90. The maximum absolute atomic E-state index is 12.6. The first-order valence-electron chi connectivity index (χ1n) is 7.62. The molecule has 0 spiro atoms. The Bertz CT molecular complexity index is 756. The van der Waals surface area contributed by atoms with Gasteiger partial charge >= 0.3 is 12.3 Å². The zero-order valence-electron chi connectivity index (χ0n) is 14.7. The van der Waals surface area contributed by atoms with Crippen molar-refractivity contribution >= 4 is 43.7 Å². The number of carbonyl (C=O) groups excluding carboxylic acids is 1. The van der Waals surface area contributed by atoms with Crippen molar-refractivity contribution in [2.75, 3.05) is 12.0 Å². The number of alkyl halides is 3. The number of esters is 1. The van der Waals surface area contributed by atoms with Gasteiger partial charge in [0.1, 0.15) is 10.9 Å². The summed E-state index contributed by atoms with van der Waals surface area (Å²) in [7, 11) is -4.50. The van der Waals surface area contributed by atoms with Crippen LogP contribution in [0.15, 0.2) is 27.6 Å². The zero-order chi connectivity index (χ0) is 20.8. The molecule has 0 aliphatic heterocycles. The highest BCUT2D eigenvalue weighted by Gasteiger charge is 2.35. The van der Waals surface area contributed by atoms with E-state index in [1.165, 1.54) is 17.8 Å². The van der Waals surface area contributed by atoms with E-state index in [1.54, 1.807) is 20.1 Å². The van der Waals surface area contributed by atoms with E-state index in [1.807, 2.05) is 0 Å². The number of carbonyl (C=O) groups is 1. The van der Waals surface area contributed by atoms with Crippen molar-refractivity contribution < 1.29 is 35.9 Å². The Labute approximate surface area is 168 Å². The molecule has 0 unspecified atom stereocenters. The summed E-state index contributed by atoms with van der Waals surface area (Å²) in [6, 6.07) is 1.84. The molecule has 0 radical (unpaired) electrons. The van der Waals surface area contributed by atoms with Crippen LogP contribution in [-0.2, 0) is 19.6 Å². The van der Waals surface area contributed by atoms with Crippen molar-refractivity contribution in [3.05, 3.63) is 22.7 Å². The molecule has 0 aromatic heterocycles. The van der Waals surface area contributed by atoms with Gasteiger partial charge in [-0.05, 0) is 50.5 Å². The molecule has 1 N–H and O–H groups in total. The van der Waals surface area contributed by atoms with Gasteiger partial charge < -0.3 is 9.47 Å². The quantitative estimate of drug-likeness (QED) is 0.528. The smallest absolute Gasteiger partial charge is 0.462 e. The summed E-state index contributed by atoms with van der Waals surface area (Å²) < 4.78 is 74.2. The van der Waals surface area contributed by atoms with Crippen LogP contribution in [-0.4, -0.2) is 44.9 Å². The van der Waals surface area contributed by atoms with Gasteiger partial charge in [-0.25, -0.2) is 8.42 Å². The highest BCUT2D eigenvalue weighted by Crippen LogP contribution is 2.32. The lowest BCUT2D eigenvalue weighted by molar-refractivity contribution is -0.275. The predicted octanol–water partition coefficient (Wildman–Crippen LogP) is 3.70. The number of nitrogens with one attached hydrogen (secondary N) is 1. The van der Waals surface area contributed by atoms with Crippen molar-refractivity contribution in [1.29, 1.82) is 0 Å². The summed E-state index contributed by atoms with van der Waals surface area (Å²) >= 11 is 4.35. The van der Waals surface area contributed by atoms with Crippen LogP contribution in [0.25, 0.3) is 0 Å². The fourth-order valence-corrected chi connectivity index (χ4v) is 4.07. The lowest BCUT2D eigenvalue weighted by atomic mass is 10.2. The lowest BCUT2D eigenvalue weighted by Gasteiger charge is -2.20. The maximum Gasteiger partial charge on any atom is 0.573 e. The highest BCUT2D eigenvalue weighted by molar-refractivity contribution is 9.10. The number of rotatable bonds is 9. The molecule has 27 heavy (non-hydrogen) atoms. The van der Waals surface area contributed by atoms with Gasteiger partial charge in [-0.1, -0.05) is 15.9 Å². The Hall–Kier alpha value is -0.980. The third-order valence-corrected chi connectivity index (χ3v) is 5.61. The summed E-state index contributed by atoms with van der Waals surface area (Å²) in [5.41, 5.74) is 0. The summed E-state index contributed by atoms with van der Waals surface area (Å²) in [5.74, 6) is -1.28. The number of halogens is 4. The number of sulfonamides is 1. The number of hydrogen-bond donors (Lipinski definition) is 1. The molecular formula is C15H19BrF3NO5S2. The lowest BCUT2D eigenvalue weighted by Crippen LogP contribution is -2.43. The SMILES string of the molecule is CSCC[C@H](NS(=O)(=O)c1ccc(Br)cc1OC(F)(F)F)C(=O)OC(C)C. The summed E-state index contributed by atoms with van der Waals surface area (Å²) in [5, 5.41) is 0. The molecule has 12 heteroatoms. The normalized spacial score (nSPS) is 13.5. The third kappa shape index (κ3) is 8.28. The molecule has 0 heterocycles. The largest absolute Gasteiger partial charge is 0.573 e. The van der Waals surface area contributed by atoms with Crippen LogP contribution < -0.4 is 9.46 Å². The standard InChI is InChI=1S/C15H19BrF3NO5S2/c1-9(2)24-14(21)11(6-7-26-3)20-27(22,23)13-5-4-10(16)8-12(13)25-15(17,18)19/h4-5,8-9,11,20H,6-7H2,1-3H3/t11-/m0/s1. The second-order valence-corrected chi connectivity index (χ2v) is 9.16. The molecule has 154 valence electrons. The van der Waals surface area contributed by atoms with E-state index in [0.29, 0.717) is 5.75 Å². The first-order valence-corrected chi connectivity index (χ1v) is 11.3. The van der Waals surface area contributed by atoms with Crippen molar-refractivity contribution in [2.45, 2.75) is 43.7 Å². The molecule has 0 fully saturated rings. The minimum atomic E-state index is -5.08. The van der Waals surface area contributed by atoms with Crippen molar-refractivity contribution in [2.24, 2.45) is 0 Å². The Balaban J connectivity index is 3.21. The van der Waals surface area contributed by atoms with Crippen LogP contribution in [0.3, 0.4) is 0 Å². The first kappa shape index (κ1) is 24.1. The van der Waals surface area contributed by atoms with Gasteiger partial charge in [0.25, 0.3) is 0 Å². The molecule has 0 aliphatic rings. The molecule has 1 aromatic rings. The average molecular weight is 494 g/mol. The second kappa shape index (κ2) is 9.99. The molecule has 0 aliphatic carbocycles. The molecule has 6 nitrogen and oxygen atoms in total. The minimum Gasteiger partial charge on any atom is -0.462 e. The monoisotopic (exact) mass is 493 g/mol. The zero-order valence-corrected chi connectivity index (χ0v) is 17.9. The fraction of sp³-hybridized carbons (Fsp3) is 0.533. The van der Waals surface area contributed by atoms with Crippen LogP contribution >= 0.6 is 27.7 Å². The average Bonchev–Trinajstić information content (AvgIpc) is 2.48. The molecular weight excluding hydrogens is 475 g/mol. The second-order valence-electron chi connectivity index (χ2n) is 5.58. The number of benzene rings is 1. The Morgan fingerprint density at radius 1 is 1.33 bits per heavy atom. The van der Waals surface area contributed by atoms with E-state index in [4.69, 9.17) is 4.74 Å². The van der Waals surface area contributed by atoms with Crippen LogP contribution in [0.1, 0.15) is 20.3 Å². The highest BCUT2D eigenvalue weighted by atomic mass is 79.9. The van der Waals surface area contributed by atoms with Gasteiger partial charge in [0, 0.05) is 4.47 Å². The van der Waals surface area contributed by atoms with Gasteiger partial charge in [-0.15, -0.1) is 13.2 Å². The first-order chi connectivity index (χ1) is 12.4. The van der Waals surface area contributed by atoms with Gasteiger partial charge in [-0.3, -0.25) is 4.79 Å². The van der Waals surface area contributed by atoms with E-state index in [9.17, 15) is 26.4 Å². The topological polar surface area (TPSA) is 81.7 Å². The Morgan fingerprint density at radius 3 is 2.48 bits per heavy atom. The maximum atomic E-state index is 12.6. The number of thioether (sulfide) groups is 1. The summed E-state index contributed by atoms with van der Waals surface area (Å²) in [6.07, 6.45) is -3.68. The van der Waals surface area contributed by atoms with Crippen molar-refractivity contribution in [1.82, 2.24) is 4.72 Å². The molecule has 0 bridgehead atoms. The molecule has 0 amide bonds. The van der Waals surface area contributed by atoms with Crippen LogP contribution in [0.2, 0.25) is 0 Å². The molecule has 0 saturated carbocycles. The van der Waals surface area contributed by atoms with E-state index < -0.39 is 45.1 Å². The summed E-state index contributed by atoms with van der Waals surface area (Å²) in [4.78, 5) is 11.4. The van der Waals surface area contributed by atoms with Gasteiger partial charge in [0.2, 0.25) is 10.0 Å². The van der Waals surface area contributed by atoms with Crippen LogP contribution in [0.4, 0.5) is 13.2 Å². The molecule has 0 saturated heterocycles. The molecule has 1 aromatic carbocycles. The molecule has 1 atom stereocenters. The number of ether oxygens (including phenoxy) is 2. The van der Waals surface area contributed by atoms with E-state index in [-0.39, 0.29) is 10.9 Å². The van der Waals surface area contributed by atoms with Crippen molar-refractivity contribution in [3.63, 3.8) is 0 Å². The predicted molar refractivity (Wildman–Crippen MR) is 99.2 cm³/mol. The Morgan fingerprint density at radius 2 is 1.96 bits per heavy atom. The summed E-state index contributed by atoms with van der Waals surface area (Å²) in [6.45, 7) is 3.20. The van der Waals surface area contributed by atoms with E-state index >= 15 is 0 Å². The van der Waals surface area contributed by atoms with Crippen LogP contribution in [0.5, 0.6) is 5.75 Å².